The molecule has 2 amide bonds. The molecule has 1 fully saturated rings. The lowest BCUT2D eigenvalue weighted by atomic mass is 10.0. The lowest BCUT2D eigenvalue weighted by Gasteiger charge is -2.27. The number of amides is 2. The van der Waals surface area contributed by atoms with Gasteiger partial charge in [-0.1, -0.05) is 43.9 Å². The highest BCUT2D eigenvalue weighted by atomic mass is 16.5. The van der Waals surface area contributed by atoms with Gasteiger partial charge in [-0.15, -0.1) is 0 Å². The summed E-state index contributed by atoms with van der Waals surface area (Å²) in [6.45, 7) is 0.658. The first-order valence-electron chi connectivity index (χ1n) is 8.12. The third-order valence-corrected chi connectivity index (χ3v) is 4.45. The second kappa shape index (κ2) is 6.83. The normalized spacial score (nSPS) is 22.6. The maximum Gasteiger partial charge on any atom is 0.315 e. The van der Waals surface area contributed by atoms with E-state index in [9.17, 15) is 4.79 Å². The summed E-state index contributed by atoms with van der Waals surface area (Å²) >= 11 is 0. The number of hydrogen-bond donors (Lipinski definition) is 2. The Morgan fingerprint density at radius 3 is 2.57 bits per heavy atom. The fraction of sp³-hybridized carbons (Fsp3) is 0.588. The van der Waals surface area contributed by atoms with Gasteiger partial charge in [-0.2, -0.15) is 0 Å². The van der Waals surface area contributed by atoms with E-state index in [0.717, 1.165) is 30.6 Å². The van der Waals surface area contributed by atoms with Crippen molar-refractivity contribution in [3.05, 3.63) is 29.8 Å². The number of carbonyl (C=O) groups is 1. The molecule has 4 nitrogen and oxygen atoms in total. The third kappa shape index (κ3) is 3.69. The van der Waals surface area contributed by atoms with E-state index in [1.165, 1.54) is 25.7 Å². The summed E-state index contributed by atoms with van der Waals surface area (Å²) < 4.78 is 5.63. The predicted octanol–water partition coefficient (Wildman–Crippen LogP) is 3.53. The monoisotopic (exact) mass is 288 g/mol. The lowest BCUT2D eigenvalue weighted by Crippen LogP contribution is -2.44. The van der Waals surface area contributed by atoms with Crippen LogP contribution in [0.4, 0.5) is 4.79 Å². The minimum Gasteiger partial charge on any atom is -0.493 e. The van der Waals surface area contributed by atoms with E-state index in [4.69, 9.17) is 4.74 Å². The molecule has 4 heteroatoms. The van der Waals surface area contributed by atoms with Crippen molar-refractivity contribution in [1.29, 1.82) is 0 Å². The fourth-order valence-corrected chi connectivity index (χ4v) is 3.30. The molecule has 0 saturated heterocycles. The molecule has 1 aliphatic heterocycles. The molecule has 0 bridgehead atoms. The Balaban J connectivity index is 1.58. The van der Waals surface area contributed by atoms with Crippen LogP contribution in [-0.4, -0.2) is 18.7 Å². The van der Waals surface area contributed by atoms with Crippen molar-refractivity contribution in [1.82, 2.24) is 10.6 Å². The van der Waals surface area contributed by atoms with Crippen LogP contribution in [0.1, 0.15) is 56.6 Å². The molecule has 1 heterocycles. The second-order valence-electron chi connectivity index (χ2n) is 6.03. The van der Waals surface area contributed by atoms with Crippen LogP contribution in [0, 0.1) is 0 Å². The first kappa shape index (κ1) is 14.2. The Morgan fingerprint density at radius 1 is 1.00 bits per heavy atom. The number of benzene rings is 1. The van der Waals surface area contributed by atoms with Crippen LogP contribution in [0.25, 0.3) is 0 Å². The molecular weight excluding hydrogens is 264 g/mol. The van der Waals surface area contributed by atoms with Crippen LogP contribution in [0.15, 0.2) is 24.3 Å². The Bertz CT molecular complexity index is 481. The van der Waals surface area contributed by atoms with Crippen LogP contribution in [0.3, 0.4) is 0 Å². The smallest absolute Gasteiger partial charge is 0.315 e. The van der Waals surface area contributed by atoms with Crippen molar-refractivity contribution in [3.8, 4) is 5.75 Å². The number of ether oxygens (including phenoxy) is 1. The highest BCUT2D eigenvalue weighted by molar-refractivity contribution is 5.75. The van der Waals surface area contributed by atoms with Gasteiger partial charge in [0.05, 0.1) is 12.6 Å². The molecule has 0 spiro atoms. The van der Waals surface area contributed by atoms with Crippen LogP contribution >= 0.6 is 0 Å². The van der Waals surface area contributed by atoms with Crippen LogP contribution in [0.2, 0.25) is 0 Å². The second-order valence-corrected chi connectivity index (χ2v) is 6.03. The minimum atomic E-state index is -0.0383. The van der Waals surface area contributed by atoms with E-state index in [1.54, 1.807) is 0 Å². The average Bonchev–Trinajstić information content (AvgIpc) is 2.76. The van der Waals surface area contributed by atoms with Gasteiger partial charge in [0.2, 0.25) is 0 Å². The van der Waals surface area contributed by atoms with E-state index in [2.05, 4.69) is 10.6 Å². The number of carbonyl (C=O) groups excluding carboxylic acids is 1. The molecular formula is C17H24N2O2. The first-order valence-corrected chi connectivity index (χ1v) is 8.12. The van der Waals surface area contributed by atoms with Crippen molar-refractivity contribution in [2.75, 3.05) is 6.61 Å². The number of rotatable bonds is 2. The zero-order valence-electron chi connectivity index (χ0n) is 12.4. The lowest BCUT2D eigenvalue weighted by molar-refractivity contribution is 0.219. The molecule has 0 radical (unpaired) electrons. The fourth-order valence-electron chi connectivity index (χ4n) is 3.30. The number of para-hydroxylation sites is 1. The van der Waals surface area contributed by atoms with Crippen molar-refractivity contribution < 1.29 is 9.53 Å². The Labute approximate surface area is 126 Å². The maximum absolute atomic E-state index is 12.2. The quantitative estimate of drug-likeness (QED) is 0.818. The summed E-state index contributed by atoms with van der Waals surface area (Å²) in [7, 11) is 0. The summed E-state index contributed by atoms with van der Waals surface area (Å²) in [6, 6.07) is 8.31. The Kier molecular flexibility index (Phi) is 4.63. The largest absolute Gasteiger partial charge is 0.493 e. The molecule has 1 atom stereocenters. The maximum atomic E-state index is 12.2. The molecule has 2 N–H and O–H groups in total. The van der Waals surface area contributed by atoms with Gasteiger partial charge in [0.25, 0.3) is 0 Å². The van der Waals surface area contributed by atoms with Crippen molar-refractivity contribution in [3.63, 3.8) is 0 Å². The molecule has 2 aliphatic rings. The van der Waals surface area contributed by atoms with Gasteiger partial charge >= 0.3 is 6.03 Å². The van der Waals surface area contributed by atoms with Crippen LogP contribution < -0.4 is 15.4 Å². The van der Waals surface area contributed by atoms with Crippen LogP contribution in [0.5, 0.6) is 5.75 Å². The first-order chi connectivity index (χ1) is 10.3. The molecule has 1 aliphatic carbocycles. The van der Waals surface area contributed by atoms with Gasteiger partial charge in [-0.25, -0.2) is 4.79 Å². The summed E-state index contributed by atoms with van der Waals surface area (Å²) in [6.07, 6.45) is 8.10. The van der Waals surface area contributed by atoms with Gasteiger partial charge in [-0.05, 0) is 18.9 Å². The zero-order valence-corrected chi connectivity index (χ0v) is 12.4. The molecule has 114 valence electrons. The molecule has 1 aromatic rings. The van der Waals surface area contributed by atoms with Gasteiger partial charge in [0, 0.05) is 18.0 Å². The summed E-state index contributed by atoms with van der Waals surface area (Å²) in [5, 5.41) is 6.26. The van der Waals surface area contributed by atoms with Gasteiger partial charge in [0.15, 0.2) is 0 Å². The number of fused-ring (bicyclic) bond motifs is 1. The topological polar surface area (TPSA) is 50.4 Å². The Hall–Kier alpha value is -1.71. The molecule has 3 rings (SSSR count). The van der Waals surface area contributed by atoms with E-state index < -0.39 is 0 Å². The van der Waals surface area contributed by atoms with Gasteiger partial charge < -0.3 is 15.4 Å². The predicted molar refractivity (Wildman–Crippen MR) is 82.5 cm³/mol. The van der Waals surface area contributed by atoms with E-state index >= 15 is 0 Å². The minimum absolute atomic E-state index is 0.0383. The average molecular weight is 288 g/mol. The molecule has 21 heavy (non-hydrogen) atoms. The molecule has 1 saturated carbocycles. The van der Waals surface area contributed by atoms with E-state index in [-0.39, 0.29) is 12.1 Å². The van der Waals surface area contributed by atoms with Gasteiger partial charge in [0.1, 0.15) is 5.75 Å². The number of urea groups is 1. The zero-order chi connectivity index (χ0) is 14.5. The Morgan fingerprint density at radius 2 is 1.76 bits per heavy atom. The molecule has 0 aromatic heterocycles. The number of hydrogen-bond acceptors (Lipinski definition) is 2. The van der Waals surface area contributed by atoms with Gasteiger partial charge in [-0.3, -0.25) is 0 Å². The highest BCUT2D eigenvalue weighted by Crippen LogP contribution is 2.31. The van der Waals surface area contributed by atoms with Crippen LogP contribution in [-0.2, 0) is 0 Å². The molecule has 1 unspecified atom stereocenters. The summed E-state index contributed by atoms with van der Waals surface area (Å²) in [5.74, 6) is 0.892. The third-order valence-electron chi connectivity index (χ3n) is 4.45. The SMILES string of the molecule is O=C(NC1CCCCCC1)NC1CCOc2ccccc21. The van der Waals surface area contributed by atoms with Crippen molar-refractivity contribution in [2.45, 2.75) is 57.0 Å². The standard InChI is InChI=1S/C17H24N2O2/c20-17(18-13-7-3-1-2-4-8-13)19-15-11-12-21-16-10-6-5-9-14(15)16/h5-6,9-10,13,15H,1-4,7-8,11-12H2,(H2,18,19,20). The summed E-state index contributed by atoms with van der Waals surface area (Å²) in [4.78, 5) is 12.2. The number of nitrogens with one attached hydrogen (secondary N) is 2. The van der Waals surface area contributed by atoms with E-state index in [0.29, 0.717) is 12.6 Å². The van der Waals surface area contributed by atoms with Crippen molar-refractivity contribution in [2.24, 2.45) is 0 Å². The highest BCUT2D eigenvalue weighted by Gasteiger charge is 2.23. The van der Waals surface area contributed by atoms with E-state index in [1.807, 2.05) is 24.3 Å². The van der Waals surface area contributed by atoms with Crippen molar-refractivity contribution >= 4 is 6.03 Å². The molecule has 1 aromatic carbocycles. The summed E-state index contributed by atoms with van der Waals surface area (Å²) in [5.41, 5.74) is 1.08.